The van der Waals surface area contributed by atoms with E-state index in [0.717, 1.165) is 22.6 Å². The summed E-state index contributed by atoms with van der Waals surface area (Å²) in [7, 11) is 0. The Hall–Kier alpha value is -3.08. The Bertz CT molecular complexity index is 810. The number of carbonyl (C=O) groups excluding carboxylic acids is 1. The van der Waals surface area contributed by atoms with Gasteiger partial charge in [0.15, 0.2) is 6.61 Å². The SMILES string of the molecule is Cc1cc(CCNC(=O)COc2ccc(-c3ccccc3)cc2)no1. The zero-order valence-electron chi connectivity index (χ0n) is 14.1. The van der Waals surface area contributed by atoms with E-state index in [4.69, 9.17) is 9.26 Å². The molecule has 0 spiro atoms. The Labute approximate surface area is 146 Å². The highest BCUT2D eigenvalue weighted by molar-refractivity contribution is 5.77. The summed E-state index contributed by atoms with van der Waals surface area (Å²) in [5, 5.41) is 6.68. The van der Waals surface area contributed by atoms with Gasteiger partial charge in [0.2, 0.25) is 0 Å². The monoisotopic (exact) mass is 336 g/mol. The second kappa shape index (κ2) is 8.15. The first-order chi connectivity index (χ1) is 12.2. The van der Waals surface area contributed by atoms with Gasteiger partial charge in [-0.05, 0) is 30.2 Å². The summed E-state index contributed by atoms with van der Waals surface area (Å²) in [6, 6.07) is 19.7. The fourth-order valence-corrected chi connectivity index (χ4v) is 2.44. The Morgan fingerprint density at radius 3 is 2.48 bits per heavy atom. The van der Waals surface area contributed by atoms with Crippen molar-refractivity contribution in [1.29, 1.82) is 0 Å². The summed E-state index contributed by atoms with van der Waals surface area (Å²) in [5.41, 5.74) is 3.09. The minimum absolute atomic E-state index is 0.0114. The quantitative estimate of drug-likeness (QED) is 0.718. The number of rotatable bonds is 7. The highest BCUT2D eigenvalue weighted by atomic mass is 16.5. The van der Waals surface area contributed by atoms with E-state index in [1.165, 1.54) is 0 Å². The lowest BCUT2D eigenvalue weighted by Gasteiger charge is -2.08. The molecule has 0 fully saturated rings. The molecule has 25 heavy (non-hydrogen) atoms. The summed E-state index contributed by atoms with van der Waals surface area (Å²) >= 11 is 0. The van der Waals surface area contributed by atoms with Crippen LogP contribution in [0.1, 0.15) is 11.5 Å². The third-order valence-electron chi connectivity index (χ3n) is 3.71. The maximum Gasteiger partial charge on any atom is 0.257 e. The molecule has 5 heteroatoms. The maximum absolute atomic E-state index is 11.8. The van der Waals surface area contributed by atoms with Gasteiger partial charge in [-0.25, -0.2) is 0 Å². The molecule has 0 aliphatic rings. The highest BCUT2D eigenvalue weighted by Crippen LogP contribution is 2.21. The summed E-state index contributed by atoms with van der Waals surface area (Å²) in [4.78, 5) is 11.8. The van der Waals surface area contributed by atoms with Gasteiger partial charge in [0.05, 0.1) is 5.69 Å². The van der Waals surface area contributed by atoms with E-state index < -0.39 is 0 Å². The number of benzene rings is 2. The maximum atomic E-state index is 11.8. The number of amides is 1. The molecule has 0 atom stereocenters. The molecular formula is C20H20N2O3. The first-order valence-corrected chi connectivity index (χ1v) is 8.18. The smallest absolute Gasteiger partial charge is 0.257 e. The van der Waals surface area contributed by atoms with Crippen LogP contribution in [0.5, 0.6) is 5.75 Å². The lowest BCUT2D eigenvalue weighted by molar-refractivity contribution is -0.123. The molecule has 1 aromatic heterocycles. The minimum Gasteiger partial charge on any atom is -0.484 e. The molecule has 0 bridgehead atoms. The van der Waals surface area contributed by atoms with Crippen molar-refractivity contribution in [3.8, 4) is 16.9 Å². The van der Waals surface area contributed by atoms with Crippen molar-refractivity contribution in [3.63, 3.8) is 0 Å². The average molecular weight is 336 g/mol. The number of hydrogen-bond donors (Lipinski definition) is 1. The van der Waals surface area contributed by atoms with Crippen LogP contribution in [0.15, 0.2) is 65.2 Å². The van der Waals surface area contributed by atoms with Gasteiger partial charge in [-0.15, -0.1) is 0 Å². The molecule has 3 rings (SSSR count). The normalized spacial score (nSPS) is 10.4. The number of nitrogens with one attached hydrogen (secondary N) is 1. The van der Waals surface area contributed by atoms with Gasteiger partial charge in [0, 0.05) is 19.0 Å². The van der Waals surface area contributed by atoms with Gasteiger partial charge in [0.1, 0.15) is 11.5 Å². The van der Waals surface area contributed by atoms with Gasteiger partial charge >= 0.3 is 0 Å². The molecule has 1 heterocycles. The molecule has 2 aromatic carbocycles. The van der Waals surface area contributed by atoms with Crippen molar-refractivity contribution in [2.24, 2.45) is 0 Å². The third kappa shape index (κ3) is 4.94. The number of carbonyl (C=O) groups is 1. The summed E-state index contributed by atoms with van der Waals surface area (Å²) in [6.45, 7) is 2.33. The van der Waals surface area contributed by atoms with E-state index in [1.54, 1.807) is 0 Å². The zero-order chi connectivity index (χ0) is 17.5. The van der Waals surface area contributed by atoms with Crippen LogP contribution in [0, 0.1) is 6.92 Å². The van der Waals surface area contributed by atoms with Crippen LogP contribution in [-0.2, 0) is 11.2 Å². The molecule has 128 valence electrons. The molecule has 0 aliphatic heterocycles. The number of ether oxygens (including phenoxy) is 1. The van der Waals surface area contributed by atoms with E-state index in [-0.39, 0.29) is 12.5 Å². The van der Waals surface area contributed by atoms with Crippen molar-refractivity contribution in [2.45, 2.75) is 13.3 Å². The molecule has 0 radical (unpaired) electrons. The second-order valence-electron chi connectivity index (χ2n) is 5.71. The molecule has 0 aliphatic carbocycles. The number of aromatic nitrogens is 1. The predicted octanol–water partition coefficient (Wildman–Crippen LogP) is 3.39. The zero-order valence-corrected chi connectivity index (χ0v) is 14.1. The first kappa shape index (κ1) is 16.8. The fraction of sp³-hybridized carbons (Fsp3) is 0.200. The predicted molar refractivity (Wildman–Crippen MR) is 95.3 cm³/mol. The minimum atomic E-state index is -0.160. The van der Waals surface area contributed by atoms with Crippen LogP contribution in [0.4, 0.5) is 0 Å². The Morgan fingerprint density at radius 1 is 1.08 bits per heavy atom. The summed E-state index contributed by atoms with van der Waals surface area (Å²) in [5.74, 6) is 1.28. The molecular weight excluding hydrogens is 316 g/mol. The fourth-order valence-electron chi connectivity index (χ4n) is 2.44. The number of nitrogens with zero attached hydrogens (tertiary/aromatic N) is 1. The van der Waals surface area contributed by atoms with Crippen molar-refractivity contribution < 1.29 is 14.1 Å². The Morgan fingerprint density at radius 2 is 1.80 bits per heavy atom. The van der Waals surface area contributed by atoms with Crippen LogP contribution in [0.2, 0.25) is 0 Å². The van der Waals surface area contributed by atoms with Gasteiger partial charge < -0.3 is 14.6 Å². The first-order valence-electron chi connectivity index (χ1n) is 8.18. The average Bonchev–Trinajstić information content (AvgIpc) is 3.06. The van der Waals surface area contributed by atoms with Crippen molar-refractivity contribution in [2.75, 3.05) is 13.2 Å². The van der Waals surface area contributed by atoms with Gasteiger partial charge in [-0.3, -0.25) is 4.79 Å². The Balaban J connectivity index is 1.42. The third-order valence-corrected chi connectivity index (χ3v) is 3.71. The molecule has 3 aromatic rings. The lowest BCUT2D eigenvalue weighted by atomic mass is 10.1. The van der Waals surface area contributed by atoms with E-state index >= 15 is 0 Å². The van der Waals surface area contributed by atoms with Crippen molar-refractivity contribution in [3.05, 3.63) is 72.1 Å². The van der Waals surface area contributed by atoms with E-state index in [2.05, 4.69) is 22.6 Å². The van der Waals surface area contributed by atoms with E-state index in [0.29, 0.717) is 18.7 Å². The van der Waals surface area contributed by atoms with Gasteiger partial charge in [-0.2, -0.15) is 0 Å². The molecule has 0 saturated carbocycles. The topological polar surface area (TPSA) is 64.4 Å². The summed E-state index contributed by atoms with van der Waals surface area (Å²) < 4.78 is 10.5. The van der Waals surface area contributed by atoms with E-state index in [9.17, 15) is 4.79 Å². The van der Waals surface area contributed by atoms with Crippen LogP contribution in [0.3, 0.4) is 0 Å². The van der Waals surface area contributed by atoms with Crippen molar-refractivity contribution in [1.82, 2.24) is 10.5 Å². The van der Waals surface area contributed by atoms with Crippen LogP contribution in [-0.4, -0.2) is 24.2 Å². The van der Waals surface area contributed by atoms with Crippen LogP contribution < -0.4 is 10.1 Å². The molecule has 0 saturated heterocycles. The van der Waals surface area contributed by atoms with Crippen LogP contribution in [0.25, 0.3) is 11.1 Å². The number of aryl methyl sites for hydroxylation is 1. The molecule has 1 N–H and O–H groups in total. The molecule has 1 amide bonds. The van der Waals surface area contributed by atoms with Gasteiger partial charge in [-0.1, -0.05) is 47.6 Å². The second-order valence-corrected chi connectivity index (χ2v) is 5.71. The van der Waals surface area contributed by atoms with Gasteiger partial charge in [0.25, 0.3) is 5.91 Å². The molecule has 0 unspecified atom stereocenters. The Kier molecular flexibility index (Phi) is 5.46. The number of hydrogen-bond acceptors (Lipinski definition) is 4. The highest BCUT2D eigenvalue weighted by Gasteiger charge is 2.05. The van der Waals surface area contributed by atoms with Crippen molar-refractivity contribution >= 4 is 5.91 Å². The standard InChI is InChI=1S/C20H20N2O3/c1-15-13-18(22-25-15)11-12-21-20(23)14-24-19-9-7-17(8-10-19)16-5-3-2-4-6-16/h2-10,13H,11-12,14H2,1H3,(H,21,23). The summed E-state index contributed by atoms with van der Waals surface area (Å²) in [6.07, 6.45) is 0.634. The van der Waals surface area contributed by atoms with E-state index in [1.807, 2.05) is 55.5 Å². The largest absolute Gasteiger partial charge is 0.484 e. The van der Waals surface area contributed by atoms with Crippen LogP contribution >= 0.6 is 0 Å². The lowest BCUT2D eigenvalue weighted by Crippen LogP contribution is -2.30. The molecule has 5 nitrogen and oxygen atoms in total.